The molecule has 3 nitrogen and oxygen atoms in total. The number of thiophene rings is 1. The van der Waals surface area contributed by atoms with Gasteiger partial charge in [-0.2, -0.15) is 11.3 Å². The molecular weight excluding hydrogens is 350 g/mol. The summed E-state index contributed by atoms with van der Waals surface area (Å²) in [6.07, 6.45) is -0.530. The van der Waals surface area contributed by atoms with E-state index in [0.29, 0.717) is 6.54 Å². The van der Waals surface area contributed by atoms with Gasteiger partial charge in [0.05, 0.1) is 4.47 Å². The summed E-state index contributed by atoms with van der Waals surface area (Å²) in [6.45, 7) is 5.69. The fraction of sp³-hybridized carbons (Fsp3) is 0.375. The van der Waals surface area contributed by atoms with Crippen LogP contribution in [0.5, 0.6) is 5.75 Å². The van der Waals surface area contributed by atoms with Crippen LogP contribution >= 0.6 is 27.3 Å². The molecule has 0 saturated heterocycles. The monoisotopic (exact) mass is 369 g/mol. The zero-order chi connectivity index (χ0) is 15.2. The van der Waals surface area contributed by atoms with Crippen molar-refractivity contribution in [1.82, 2.24) is 5.32 Å². The van der Waals surface area contributed by atoms with Gasteiger partial charge in [-0.3, -0.25) is 0 Å². The first-order valence-corrected chi connectivity index (χ1v) is 8.59. The molecule has 21 heavy (non-hydrogen) atoms. The lowest BCUT2D eigenvalue weighted by Crippen LogP contribution is -2.31. The molecule has 0 spiro atoms. The molecule has 1 atom stereocenters. The van der Waals surface area contributed by atoms with Crippen LogP contribution in [0, 0.1) is 13.8 Å². The highest BCUT2D eigenvalue weighted by atomic mass is 79.9. The van der Waals surface area contributed by atoms with E-state index in [4.69, 9.17) is 4.74 Å². The number of aliphatic hydroxyl groups excluding tert-OH is 1. The SMILES string of the molecule is Cc1ccc(OCC(O)CNCc2cscc2C)c(Br)c1. The first-order valence-electron chi connectivity index (χ1n) is 6.85. The number of hydrogen-bond acceptors (Lipinski definition) is 4. The molecule has 0 amide bonds. The highest BCUT2D eigenvalue weighted by Crippen LogP contribution is 2.25. The number of benzene rings is 1. The first kappa shape index (κ1) is 16.5. The summed E-state index contributed by atoms with van der Waals surface area (Å²) in [4.78, 5) is 0. The maximum Gasteiger partial charge on any atom is 0.133 e. The van der Waals surface area contributed by atoms with E-state index in [1.807, 2.05) is 25.1 Å². The molecule has 2 rings (SSSR count). The fourth-order valence-electron chi connectivity index (χ4n) is 1.91. The van der Waals surface area contributed by atoms with Crippen molar-refractivity contribution < 1.29 is 9.84 Å². The Morgan fingerprint density at radius 3 is 2.81 bits per heavy atom. The quantitative estimate of drug-likeness (QED) is 0.782. The fourth-order valence-corrected chi connectivity index (χ4v) is 3.37. The molecule has 114 valence electrons. The van der Waals surface area contributed by atoms with E-state index >= 15 is 0 Å². The average Bonchev–Trinajstić information content (AvgIpc) is 2.83. The standard InChI is InChI=1S/C16H20BrNO2S/c1-11-3-4-16(15(17)5-11)20-8-14(19)7-18-6-13-10-21-9-12(13)2/h3-5,9-10,14,18-19H,6-8H2,1-2H3. The van der Waals surface area contributed by atoms with Crippen molar-refractivity contribution >= 4 is 27.3 Å². The van der Waals surface area contributed by atoms with Gasteiger partial charge in [0.15, 0.2) is 0 Å². The molecule has 0 saturated carbocycles. The van der Waals surface area contributed by atoms with Crippen molar-refractivity contribution in [3.8, 4) is 5.75 Å². The van der Waals surface area contributed by atoms with Gasteiger partial charge in [0.1, 0.15) is 18.5 Å². The maximum absolute atomic E-state index is 9.95. The third kappa shape index (κ3) is 5.11. The van der Waals surface area contributed by atoms with E-state index in [1.165, 1.54) is 16.7 Å². The number of aliphatic hydroxyl groups is 1. The van der Waals surface area contributed by atoms with E-state index in [0.717, 1.165) is 16.8 Å². The normalized spacial score (nSPS) is 12.4. The Bertz CT molecular complexity index is 585. The molecule has 0 aliphatic heterocycles. The van der Waals surface area contributed by atoms with Crippen LogP contribution in [0.3, 0.4) is 0 Å². The second-order valence-electron chi connectivity index (χ2n) is 5.11. The van der Waals surface area contributed by atoms with E-state index < -0.39 is 6.10 Å². The molecule has 2 aromatic rings. The van der Waals surface area contributed by atoms with Crippen LogP contribution in [-0.2, 0) is 6.54 Å². The Balaban J connectivity index is 1.72. The summed E-state index contributed by atoms with van der Waals surface area (Å²) in [5.74, 6) is 0.758. The molecule has 2 N–H and O–H groups in total. The first-order chi connectivity index (χ1) is 10.1. The highest BCUT2D eigenvalue weighted by molar-refractivity contribution is 9.10. The number of ether oxygens (including phenoxy) is 1. The molecule has 0 radical (unpaired) electrons. The minimum atomic E-state index is -0.530. The molecule has 1 unspecified atom stereocenters. The van der Waals surface area contributed by atoms with E-state index in [1.54, 1.807) is 11.3 Å². The van der Waals surface area contributed by atoms with Crippen molar-refractivity contribution in [2.24, 2.45) is 0 Å². The number of rotatable bonds is 7. The van der Waals surface area contributed by atoms with Gasteiger partial charge in [0, 0.05) is 13.1 Å². The van der Waals surface area contributed by atoms with Crippen LogP contribution in [0.25, 0.3) is 0 Å². The van der Waals surface area contributed by atoms with Crippen molar-refractivity contribution in [1.29, 1.82) is 0 Å². The summed E-state index contributed by atoms with van der Waals surface area (Å²) in [7, 11) is 0. The van der Waals surface area contributed by atoms with Crippen LogP contribution in [-0.4, -0.2) is 24.4 Å². The molecule has 5 heteroatoms. The van der Waals surface area contributed by atoms with Crippen molar-refractivity contribution in [2.75, 3.05) is 13.2 Å². The summed E-state index contributed by atoms with van der Waals surface area (Å²) >= 11 is 5.17. The number of nitrogens with one attached hydrogen (secondary N) is 1. The Labute approximate surface area is 138 Å². The van der Waals surface area contributed by atoms with Crippen molar-refractivity contribution in [2.45, 2.75) is 26.5 Å². The van der Waals surface area contributed by atoms with Crippen LogP contribution < -0.4 is 10.1 Å². The van der Waals surface area contributed by atoms with Gasteiger partial charge in [-0.25, -0.2) is 0 Å². The molecule has 1 aromatic carbocycles. The van der Waals surface area contributed by atoms with Gasteiger partial charge >= 0.3 is 0 Å². The molecule has 0 aliphatic rings. The van der Waals surface area contributed by atoms with Gasteiger partial charge in [-0.05, 0) is 69.4 Å². The minimum absolute atomic E-state index is 0.275. The summed E-state index contributed by atoms with van der Waals surface area (Å²) in [6, 6.07) is 5.90. The van der Waals surface area contributed by atoms with Gasteiger partial charge in [0.2, 0.25) is 0 Å². The second-order valence-corrected chi connectivity index (χ2v) is 6.71. The van der Waals surface area contributed by atoms with Crippen LogP contribution in [0.15, 0.2) is 33.4 Å². The predicted octanol–water partition coefficient (Wildman–Crippen LogP) is 3.66. The summed E-state index contributed by atoms with van der Waals surface area (Å²) in [5, 5.41) is 17.5. The van der Waals surface area contributed by atoms with Gasteiger partial charge < -0.3 is 15.2 Å². The van der Waals surface area contributed by atoms with Crippen molar-refractivity contribution in [3.63, 3.8) is 0 Å². The predicted molar refractivity (Wildman–Crippen MR) is 91.1 cm³/mol. The van der Waals surface area contributed by atoms with Crippen molar-refractivity contribution in [3.05, 3.63) is 50.1 Å². The maximum atomic E-state index is 9.95. The zero-order valence-electron chi connectivity index (χ0n) is 12.2. The van der Waals surface area contributed by atoms with Gasteiger partial charge in [-0.15, -0.1) is 0 Å². The van der Waals surface area contributed by atoms with E-state index in [-0.39, 0.29) is 6.61 Å². The van der Waals surface area contributed by atoms with E-state index in [2.05, 4.69) is 38.9 Å². The van der Waals surface area contributed by atoms with Gasteiger partial charge in [-0.1, -0.05) is 6.07 Å². The number of hydrogen-bond donors (Lipinski definition) is 2. The van der Waals surface area contributed by atoms with E-state index in [9.17, 15) is 5.11 Å². The Morgan fingerprint density at radius 2 is 2.14 bits per heavy atom. The molecule has 1 aromatic heterocycles. The topological polar surface area (TPSA) is 41.5 Å². The summed E-state index contributed by atoms with van der Waals surface area (Å²) in [5.41, 5.74) is 3.75. The lowest BCUT2D eigenvalue weighted by atomic mass is 10.2. The second kappa shape index (κ2) is 7.94. The molecule has 0 aliphatic carbocycles. The van der Waals surface area contributed by atoms with Gasteiger partial charge in [0.25, 0.3) is 0 Å². The largest absolute Gasteiger partial charge is 0.490 e. The summed E-state index contributed by atoms with van der Waals surface area (Å²) < 4.78 is 6.54. The third-order valence-corrected chi connectivity index (χ3v) is 4.71. The molecule has 1 heterocycles. The molecular formula is C16H20BrNO2S. The third-order valence-electron chi connectivity index (χ3n) is 3.18. The average molecular weight is 370 g/mol. The zero-order valence-corrected chi connectivity index (χ0v) is 14.6. The van der Waals surface area contributed by atoms with Crippen LogP contribution in [0.4, 0.5) is 0 Å². The number of halogens is 1. The minimum Gasteiger partial charge on any atom is -0.490 e. The molecule has 0 fully saturated rings. The molecule has 0 bridgehead atoms. The lowest BCUT2D eigenvalue weighted by Gasteiger charge is -2.14. The highest BCUT2D eigenvalue weighted by Gasteiger charge is 2.08. The number of aryl methyl sites for hydroxylation is 2. The van der Waals surface area contributed by atoms with Crippen LogP contribution in [0.1, 0.15) is 16.7 Å². The Hall–Kier alpha value is -0.880. The Morgan fingerprint density at radius 1 is 1.33 bits per heavy atom. The Kier molecular flexibility index (Phi) is 6.23. The van der Waals surface area contributed by atoms with Crippen LogP contribution in [0.2, 0.25) is 0 Å². The smallest absolute Gasteiger partial charge is 0.133 e. The lowest BCUT2D eigenvalue weighted by molar-refractivity contribution is 0.106.